The molecule has 1 aliphatic rings. The van der Waals surface area contributed by atoms with Gasteiger partial charge >= 0.3 is 0 Å². The summed E-state index contributed by atoms with van der Waals surface area (Å²) >= 11 is 6.01. The quantitative estimate of drug-likeness (QED) is 0.481. The Labute approximate surface area is 209 Å². The second kappa shape index (κ2) is 10.7. The number of ether oxygens (including phenoxy) is 3. The van der Waals surface area contributed by atoms with E-state index in [0.717, 1.165) is 11.1 Å². The van der Waals surface area contributed by atoms with Gasteiger partial charge in [-0.1, -0.05) is 30.7 Å². The summed E-state index contributed by atoms with van der Waals surface area (Å²) in [6, 6.07) is 17.8. The average molecular weight is 495 g/mol. The third kappa shape index (κ3) is 5.52. The predicted octanol–water partition coefficient (Wildman–Crippen LogP) is 5.31. The lowest BCUT2D eigenvalue weighted by atomic mass is 10.1. The number of anilines is 1. The van der Waals surface area contributed by atoms with Gasteiger partial charge in [0.05, 0.1) is 14.2 Å². The van der Waals surface area contributed by atoms with Crippen LogP contribution in [0.4, 0.5) is 5.69 Å². The monoisotopic (exact) mass is 494 g/mol. The summed E-state index contributed by atoms with van der Waals surface area (Å²) in [4.78, 5) is 27.8. The fraction of sp³-hybridized carbons (Fsp3) is 0.259. The summed E-state index contributed by atoms with van der Waals surface area (Å²) in [5.41, 5.74) is 2.81. The van der Waals surface area contributed by atoms with Crippen LogP contribution >= 0.6 is 11.6 Å². The Hall–Kier alpha value is -3.71. The maximum atomic E-state index is 13.2. The molecule has 7 nitrogen and oxygen atoms in total. The fourth-order valence-electron chi connectivity index (χ4n) is 3.97. The minimum atomic E-state index is -0.573. The fourth-order valence-corrected chi connectivity index (χ4v) is 4.10. The molecule has 1 aliphatic heterocycles. The van der Waals surface area contributed by atoms with E-state index in [0.29, 0.717) is 53.0 Å². The molecule has 0 aliphatic carbocycles. The summed E-state index contributed by atoms with van der Waals surface area (Å²) in [6.07, 6.45) is -0.0246. The van der Waals surface area contributed by atoms with Crippen LogP contribution in [-0.4, -0.2) is 37.0 Å². The number of amides is 2. The van der Waals surface area contributed by atoms with Gasteiger partial charge < -0.3 is 24.4 Å². The van der Waals surface area contributed by atoms with E-state index in [1.165, 1.54) is 7.11 Å². The van der Waals surface area contributed by atoms with Crippen LogP contribution in [0.15, 0.2) is 60.7 Å². The number of fused-ring (bicyclic) bond motifs is 1. The molecule has 1 N–H and O–H groups in total. The molecule has 3 aromatic carbocycles. The molecule has 182 valence electrons. The van der Waals surface area contributed by atoms with Crippen LogP contribution in [0.1, 0.15) is 34.8 Å². The Bertz CT molecular complexity index is 1230. The van der Waals surface area contributed by atoms with Gasteiger partial charge in [0.15, 0.2) is 17.6 Å². The van der Waals surface area contributed by atoms with E-state index in [-0.39, 0.29) is 11.8 Å². The van der Waals surface area contributed by atoms with Gasteiger partial charge in [-0.3, -0.25) is 9.59 Å². The summed E-state index contributed by atoms with van der Waals surface area (Å²) in [6.45, 7) is 2.71. The molecule has 0 aromatic heterocycles. The molecule has 1 atom stereocenters. The first-order valence-corrected chi connectivity index (χ1v) is 11.7. The molecule has 0 saturated heterocycles. The van der Waals surface area contributed by atoms with Crippen molar-refractivity contribution in [3.63, 3.8) is 0 Å². The van der Waals surface area contributed by atoms with E-state index >= 15 is 0 Å². The van der Waals surface area contributed by atoms with Crippen LogP contribution in [-0.2, 0) is 17.9 Å². The van der Waals surface area contributed by atoms with Crippen LogP contribution in [0.5, 0.6) is 17.2 Å². The highest BCUT2D eigenvalue weighted by Crippen LogP contribution is 2.31. The number of halogens is 1. The van der Waals surface area contributed by atoms with Gasteiger partial charge in [-0.15, -0.1) is 0 Å². The van der Waals surface area contributed by atoms with Crippen LogP contribution in [0.25, 0.3) is 0 Å². The zero-order valence-corrected chi connectivity index (χ0v) is 20.6. The lowest BCUT2D eigenvalue weighted by molar-refractivity contribution is -0.139. The second-order valence-corrected chi connectivity index (χ2v) is 8.62. The highest BCUT2D eigenvalue weighted by atomic mass is 35.5. The topological polar surface area (TPSA) is 77.1 Å². The minimum absolute atomic E-state index is 0.0745. The first kappa shape index (κ1) is 24.4. The molecule has 0 saturated carbocycles. The molecular formula is C27H27ClN2O5. The number of methoxy groups -OCH3 is 2. The molecule has 1 unspecified atom stereocenters. The van der Waals surface area contributed by atoms with Gasteiger partial charge in [0, 0.05) is 34.9 Å². The van der Waals surface area contributed by atoms with Crippen molar-refractivity contribution in [1.29, 1.82) is 0 Å². The minimum Gasteiger partial charge on any atom is -0.493 e. The van der Waals surface area contributed by atoms with Crippen molar-refractivity contribution < 1.29 is 23.8 Å². The van der Waals surface area contributed by atoms with Crippen molar-refractivity contribution in [1.82, 2.24) is 4.90 Å². The lowest BCUT2D eigenvalue weighted by Crippen LogP contribution is -2.38. The molecule has 0 fully saturated rings. The molecule has 2 amide bonds. The van der Waals surface area contributed by atoms with Gasteiger partial charge in [-0.05, 0) is 60.5 Å². The molecule has 4 rings (SSSR count). The maximum absolute atomic E-state index is 13.2. The molecule has 0 spiro atoms. The standard InChI is InChI=1S/C27H27ClN2O5/c1-4-22-27(32)30(15-17-5-8-20(28)9-6-17)16-19-13-21(10-12-23(19)35-22)29-26(31)18-7-11-24(33-2)25(14-18)34-3/h5-14,22H,4,15-16H2,1-3H3,(H,29,31). The Balaban J connectivity index is 1.57. The number of rotatable bonds is 7. The first-order valence-electron chi connectivity index (χ1n) is 11.3. The van der Waals surface area contributed by atoms with E-state index in [2.05, 4.69) is 5.32 Å². The number of carbonyl (C=O) groups is 2. The highest BCUT2D eigenvalue weighted by Gasteiger charge is 2.30. The Morgan fingerprint density at radius 2 is 1.80 bits per heavy atom. The van der Waals surface area contributed by atoms with Gasteiger partial charge in [0.2, 0.25) is 0 Å². The Morgan fingerprint density at radius 1 is 1.06 bits per heavy atom. The Morgan fingerprint density at radius 3 is 2.49 bits per heavy atom. The number of hydrogen-bond acceptors (Lipinski definition) is 5. The van der Waals surface area contributed by atoms with Gasteiger partial charge in [-0.25, -0.2) is 0 Å². The van der Waals surface area contributed by atoms with Crippen molar-refractivity contribution in [3.8, 4) is 17.2 Å². The van der Waals surface area contributed by atoms with Gasteiger partial charge in [0.1, 0.15) is 5.75 Å². The number of nitrogens with zero attached hydrogens (tertiary/aromatic N) is 1. The van der Waals surface area contributed by atoms with Crippen molar-refractivity contribution >= 4 is 29.1 Å². The van der Waals surface area contributed by atoms with Gasteiger partial charge in [0.25, 0.3) is 11.8 Å². The second-order valence-electron chi connectivity index (χ2n) is 8.18. The summed E-state index contributed by atoms with van der Waals surface area (Å²) in [5.74, 6) is 1.28. The largest absolute Gasteiger partial charge is 0.493 e. The molecule has 8 heteroatoms. The molecule has 0 bridgehead atoms. The zero-order chi connectivity index (χ0) is 24.9. The third-order valence-electron chi connectivity index (χ3n) is 5.84. The van der Waals surface area contributed by atoms with Crippen LogP contribution in [0, 0.1) is 0 Å². The summed E-state index contributed by atoms with van der Waals surface area (Å²) in [5, 5.41) is 3.56. The Kier molecular flexibility index (Phi) is 7.46. The molecule has 0 radical (unpaired) electrons. The normalized spacial score (nSPS) is 15.0. The lowest BCUT2D eigenvalue weighted by Gasteiger charge is -2.23. The van der Waals surface area contributed by atoms with E-state index in [9.17, 15) is 9.59 Å². The average Bonchev–Trinajstić information content (AvgIpc) is 3.00. The molecule has 1 heterocycles. The smallest absolute Gasteiger partial charge is 0.264 e. The number of nitrogens with one attached hydrogen (secondary N) is 1. The van der Waals surface area contributed by atoms with Crippen LogP contribution in [0.3, 0.4) is 0 Å². The van der Waals surface area contributed by atoms with Crippen molar-refractivity contribution in [2.75, 3.05) is 19.5 Å². The summed E-state index contributed by atoms with van der Waals surface area (Å²) < 4.78 is 16.6. The predicted molar refractivity (Wildman–Crippen MR) is 134 cm³/mol. The molecule has 35 heavy (non-hydrogen) atoms. The molecule has 3 aromatic rings. The van der Waals surface area contributed by atoms with E-state index in [4.69, 9.17) is 25.8 Å². The maximum Gasteiger partial charge on any atom is 0.264 e. The summed E-state index contributed by atoms with van der Waals surface area (Å²) in [7, 11) is 3.06. The number of benzene rings is 3. The SMILES string of the molecule is CCC1Oc2ccc(NC(=O)c3ccc(OC)c(OC)c3)cc2CN(Cc2ccc(Cl)cc2)C1=O. The van der Waals surface area contributed by atoms with Crippen LogP contribution in [0.2, 0.25) is 5.02 Å². The van der Waals surface area contributed by atoms with Gasteiger partial charge in [-0.2, -0.15) is 0 Å². The van der Waals surface area contributed by atoms with E-state index in [1.54, 1.807) is 42.3 Å². The van der Waals surface area contributed by atoms with Crippen molar-refractivity contribution in [2.45, 2.75) is 32.5 Å². The van der Waals surface area contributed by atoms with E-state index < -0.39 is 6.10 Å². The molecular weight excluding hydrogens is 468 g/mol. The number of hydrogen-bond donors (Lipinski definition) is 1. The van der Waals surface area contributed by atoms with Crippen molar-refractivity contribution in [3.05, 3.63) is 82.4 Å². The number of carbonyl (C=O) groups excluding carboxylic acids is 2. The first-order chi connectivity index (χ1) is 16.9. The zero-order valence-electron chi connectivity index (χ0n) is 19.8. The highest BCUT2D eigenvalue weighted by molar-refractivity contribution is 6.30. The van der Waals surface area contributed by atoms with Crippen molar-refractivity contribution in [2.24, 2.45) is 0 Å². The van der Waals surface area contributed by atoms with Crippen LogP contribution < -0.4 is 19.5 Å². The van der Waals surface area contributed by atoms with E-state index in [1.807, 2.05) is 37.3 Å². The third-order valence-corrected chi connectivity index (χ3v) is 6.09.